The van der Waals surface area contributed by atoms with Crippen LogP contribution in [0.25, 0.3) is 0 Å². The Bertz CT molecular complexity index is 875. The molecular formula is C20H24F2N4O4. The van der Waals surface area contributed by atoms with Gasteiger partial charge in [-0.15, -0.1) is 0 Å². The number of benzene rings is 1. The van der Waals surface area contributed by atoms with Crippen LogP contribution in [0.4, 0.5) is 13.6 Å². The van der Waals surface area contributed by atoms with E-state index in [1.807, 2.05) is 0 Å². The lowest BCUT2D eigenvalue weighted by Crippen LogP contribution is -2.53. The van der Waals surface area contributed by atoms with Crippen LogP contribution in [0.3, 0.4) is 0 Å². The monoisotopic (exact) mass is 422 g/mol. The van der Waals surface area contributed by atoms with Crippen molar-refractivity contribution < 1.29 is 27.6 Å². The zero-order chi connectivity index (χ0) is 21.7. The summed E-state index contributed by atoms with van der Waals surface area (Å²) in [5.74, 6) is 0.625. The molecule has 30 heavy (non-hydrogen) atoms. The molecule has 1 aromatic carbocycles. The van der Waals surface area contributed by atoms with Gasteiger partial charge in [-0.25, -0.2) is 4.79 Å². The van der Waals surface area contributed by atoms with Crippen molar-refractivity contribution in [2.24, 2.45) is 0 Å². The molecule has 0 unspecified atom stereocenters. The lowest BCUT2D eigenvalue weighted by Gasteiger charge is -2.34. The molecule has 0 atom stereocenters. The summed E-state index contributed by atoms with van der Waals surface area (Å²) in [5.41, 5.74) is 1.96. The van der Waals surface area contributed by atoms with Gasteiger partial charge in [0.1, 0.15) is 11.5 Å². The van der Waals surface area contributed by atoms with Crippen LogP contribution in [-0.2, 0) is 17.8 Å². The molecule has 1 aliphatic rings. The summed E-state index contributed by atoms with van der Waals surface area (Å²) in [6, 6.07) is 5.99. The molecule has 2 aromatic rings. The normalized spacial score (nSPS) is 14.2. The van der Waals surface area contributed by atoms with E-state index in [9.17, 15) is 18.4 Å². The lowest BCUT2D eigenvalue weighted by atomic mass is 10.1. The van der Waals surface area contributed by atoms with E-state index in [4.69, 9.17) is 4.52 Å². The van der Waals surface area contributed by atoms with Gasteiger partial charge < -0.3 is 24.4 Å². The predicted octanol–water partition coefficient (Wildman–Crippen LogP) is 2.49. The van der Waals surface area contributed by atoms with E-state index in [1.165, 1.54) is 6.07 Å². The number of para-hydroxylation sites is 1. The van der Waals surface area contributed by atoms with Crippen molar-refractivity contribution in [1.29, 1.82) is 0 Å². The third-order valence-electron chi connectivity index (χ3n) is 5.05. The molecule has 3 rings (SSSR count). The number of halogens is 2. The first-order valence-corrected chi connectivity index (χ1v) is 9.60. The molecule has 162 valence electrons. The maximum Gasteiger partial charge on any atom is 0.387 e. The van der Waals surface area contributed by atoms with Crippen LogP contribution in [0.15, 0.2) is 28.8 Å². The second kappa shape index (κ2) is 9.55. The maximum atomic E-state index is 12.5. The highest BCUT2D eigenvalue weighted by atomic mass is 19.3. The molecule has 1 saturated heterocycles. The number of alkyl halides is 2. The minimum absolute atomic E-state index is 0.0301. The molecule has 0 spiro atoms. The molecule has 1 aromatic heterocycles. The number of carbonyl (C=O) groups is 2. The largest absolute Gasteiger partial charge is 0.434 e. The molecule has 0 radical (unpaired) electrons. The molecule has 1 fully saturated rings. The Morgan fingerprint density at radius 3 is 2.47 bits per heavy atom. The van der Waals surface area contributed by atoms with E-state index in [2.05, 4.69) is 15.2 Å². The number of aromatic nitrogens is 1. The van der Waals surface area contributed by atoms with Gasteiger partial charge in [-0.2, -0.15) is 8.78 Å². The Hall–Kier alpha value is -3.17. The third-order valence-corrected chi connectivity index (χ3v) is 5.05. The number of amides is 3. The van der Waals surface area contributed by atoms with E-state index in [0.717, 1.165) is 5.56 Å². The summed E-state index contributed by atoms with van der Waals surface area (Å²) in [6.45, 7) is 2.30. The number of carbonyl (C=O) groups excluding carboxylic acids is 2. The van der Waals surface area contributed by atoms with Gasteiger partial charge in [0.25, 0.3) is 0 Å². The SMILES string of the molecule is Cc1noc(C)c1CC(=O)N1CCN(C(=O)NCc2ccccc2OC(F)F)CC1. The van der Waals surface area contributed by atoms with E-state index < -0.39 is 6.61 Å². The van der Waals surface area contributed by atoms with Crippen LogP contribution >= 0.6 is 0 Å². The minimum atomic E-state index is -2.93. The van der Waals surface area contributed by atoms with Gasteiger partial charge in [0.05, 0.1) is 12.1 Å². The van der Waals surface area contributed by atoms with Crippen molar-refractivity contribution in [1.82, 2.24) is 20.3 Å². The van der Waals surface area contributed by atoms with Crippen molar-refractivity contribution >= 4 is 11.9 Å². The highest BCUT2D eigenvalue weighted by Gasteiger charge is 2.25. The van der Waals surface area contributed by atoms with Crippen molar-refractivity contribution in [3.05, 3.63) is 46.8 Å². The molecule has 0 bridgehead atoms. The maximum absolute atomic E-state index is 12.5. The van der Waals surface area contributed by atoms with Crippen molar-refractivity contribution in [2.45, 2.75) is 33.4 Å². The van der Waals surface area contributed by atoms with Crippen LogP contribution in [0.1, 0.15) is 22.6 Å². The minimum Gasteiger partial charge on any atom is -0.434 e. The zero-order valence-corrected chi connectivity index (χ0v) is 16.9. The average molecular weight is 422 g/mol. The smallest absolute Gasteiger partial charge is 0.387 e. The first kappa shape index (κ1) is 21.5. The van der Waals surface area contributed by atoms with Crippen LogP contribution in [0.5, 0.6) is 5.75 Å². The fraction of sp³-hybridized carbons (Fsp3) is 0.450. The second-order valence-corrected chi connectivity index (χ2v) is 6.99. The summed E-state index contributed by atoms with van der Waals surface area (Å²) in [4.78, 5) is 28.3. The number of hydrogen-bond acceptors (Lipinski definition) is 5. The van der Waals surface area contributed by atoms with Gasteiger partial charge >= 0.3 is 12.6 Å². The fourth-order valence-electron chi connectivity index (χ4n) is 3.32. The average Bonchev–Trinajstić information content (AvgIpc) is 3.04. The second-order valence-electron chi connectivity index (χ2n) is 6.99. The van der Waals surface area contributed by atoms with Crippen molar-refractivity contribution in [2.75, 3.05) is 26.2 Å². The Kier molecular flexibility index (Phi) is 6.86. The van der Waals surface area contributed by atoms with E-state index in [1.54, 1.807) is 41.8 Å². The lowest BCUT2D eigenvalue weighted by molar-refractivity contribution is -0.131. The summed E-state index contributed by atoms with van der Waals surface area (Å²) >= 11 is 0. The third kappa shape index (κ3) is 5.25. The molecule has 2 heterocycles. The quantitative estimate of drug-likeness (QED) is 0.773. The molecule has 0 saturated carbocycles. The predicted molar refractivity (Wildman–Crippen MR) is 103 cm³/mol. The van der Waals surface area contributed by atoms with Crippen LogP contribution in [0, 0.1) is 13.8 Å². The van der Waals surface area contributed by atoms with Crippen LogP contribution < -0.4 is 10.1 Å². The first-order chi connectivity index (χ1) is 14.3. The van der Waals surface area contributed by atoms with E-state index in [-0.39, 0.29) is 30.7 Å². The summed E-state index contributed by atoms with van der Waals surface area (Å²) < 4.78 is 34.6. The van der Waals surface area contributed by atoms with Crippen LogP contribution in [0.2, 0.25) is 0 Å². The molecule has 1 aliphatic heterocycles. The zero-order valence-electron chi connectivity index (χ0n) is 16.9. The number of nitrogens with zero attached hydrogens (tertiary/aromatic N) is 3. The van der Waals surface area contributed by atoms with Gasteiger partial charge in [-0.3, -0.25) is 4.79 Å². The molecule has 10 heteroatoms. The number of ether oxygens (including phenoxy) is 1. The first-order valence-electron chi connectivity index (χ1n) is 9.60. The Morgan fingerprint density at radius 2 is 1.83 bits per heavy atom. The van der Waals surface area contributed by atoms with Crippen molar-refractivity contribution in [3.63, 3.8) is 0 Å². The summed E-state index contributed by atoms with van der Waals surface area (Å²) in [7, 11) is 0. The van der Waals surface area contributed by atoms with Gasteiger partial charge in [-0.05, 0) is 19.9 Å². The number of rotatable bonds is 6. The highest BCUT2D eigenvalue weighted by Crippen LogP contribution is 2.20. The number of nitrogens with one attached hydrogen (secondary N) is 1. The number of hydrogen-bond donors (Lipinski definition) is 1. The summed E-state index contributed by atoms with van der Waals surface area (Å²) in [6.07, 6.45) is 0.217. The number of aryl methyl sites for hydroxylation is 2. The van der Waals surface area contributed by atoms with E-state index in [0.29, 0.717) is 43.2 Å². The number of piperazine rings is 1. The van der Waals surface area contributed by atoms with Gasteiger partial charge in [-0.1, -0.05) is 23.4 Å². The topological polar surface area (TPSA) is 87.9 Å². The fourth-order valence-corrected chi connectivity index (χ4v) is 3.32. The molecule has 0 aliphatic carbocycles. The number of urea groups is 1. The van der Waals surface area contributed by atoms with Gasteiger partial charge in [0, 0.05) is 43.9 Å². The Balaban J connectivity index is 1.48. The Morgan fingerprint density at radius 1 is 1.17 bits per heavy atom. The molecule has 1 N–H and O–H groups in total. The highest BCUT2D eigenvalue weighted by molar-refractivity contribution is 5.80. The standard InChI is InChI=1S/C20H24F2N4O4/c1-13-16(14(2)30-24-13)11-18(27)25-7-9-26(10-8-25)20(28)23-12-15-5-3-4-6-17(15)29-19(21)22/h3-6,19H,7-12H2,1-2H3,(H,23,28). The summed E-state index contributed by atoms with van der Waals surface area (Å²) in [5, 5.41) is 6.58. The van der Waals surface area contributed by atoms with Crippen LogP contribution in [-0.4, -0.2) is 59.7 Å². The van der Waals surface area contributed by atoms with Gasteiger partial charge in [0.2, 0.25) is 5.91 Å². The van der Waals surface area contributed by atoms with Crippen molar-refractivity contribution in [3.8, 4) is 5.75 Å². The molecule has 3 amide bonds. The molecule has 8 nitrogen and oxygen atoms in total. The Labute approximate surface area is 172 Å². The van der Waals surface area contributed by atoms with E-state index >= 15 is 0 Å². The molecular weight excluding hydrogens is 398 g/mol. The van der Waals surface area contributed by atoms with Gasteiger partial charge in [0.15, 0.2) is 0 Å².